The molecule has 0 atom stereocenters. The van der Waals surface area contributed by atoms with E-state index in [0.717, 1.165) is 0 Å². The van der Waals surface area contributed by atoms with Crippen LogP contribution in [0.1, 0.15) is 17.1 Å². The summed E-state index contributed by atoms with van der Waals surface area (Å²) in [5.41, 5.74) is 2.03. The van der Waals surface area contributed by atoms with Crippen molar-refractivity contribution in [3.63, 3.8) is 0 Å². The molecule has 27 heavy (non-hydrogen) atoms. The van der Waals surface area contributed by atoms with Crippen molar-refractivity contribution < 1.29 is 4.79 Å². The quantitative estimate of drug-likeness (QED) is 0.721. The number of nitrogens with one attached hydrogen (secondary N) is 1. The van der Waals surface area contributed by atoms with Gasteiger partial charge >= 0.3 is 0 Å². The summed E-state index contributed by atoms with van der Waals surface area (Å²) in [5, 5.41) is 7.88. The molecule has 0 aliphatic carbocycles. The van der Waals surface area contributed by atoms with Gasteiger partial charge in [-0.2, -0.15) is 9.78 Å². The monoisotopic (exact) mass is 405 g/mol. The molecule has 3 heterocycles. The number of aromatic nitrogens is 4. The Balaban J connectivity index is 1.89. The van der Waals surface area contributed by atoms with Gasteiger partial charge in [0.15, 0.2) is 11.2 Å². The molecule has 1 amide bonds. The Morgan fingerprint density at radius 1 is 1.11 bits per heavy atom. The first kappa shape index (κ1) is 19.1. The number of rotatable bonds is 4. The molecule has 0 radical (unpaired) electrons. The Bertz CT molecular complexity index is 1060. The molecule has 0 saturated carbocycles. The van der Waals surface area contributed by atoms with Crippen molar-refractivity contribution >= 4 is 34.9 Å². The molecule has 3 aromatic rings. The van der Waals surface area contributed by atoms with Crippen LogP contribution in [0.25, 0.3) is 5.82 Å². The maximum absolute atomic E-state index is 12.6. The van der Waals surface area contributed by atoms with E-state index in [2.05, 4.69) is 15.4 Å². The van der Waals surface area contributed by atoms with Crippen molar-refractivity contribution in [3.8, 4) is 5.82 Å². The lowest BCUT2D eigenvalue weighted by atomic mass is 10.3. The molecule has 0 saturated heterocycles. The van der Waals surface area contributed by atoms with E-state index < -0.39 is 0 Å². The fraction of sp³-hybridized carbons (Fsp3) is 0.222. The molecule has 0 aromatic carbocycles. The molecule has 7 nitrogen and oxygen atoms in total. The van der Waals surface area contributed by atoms with Crippen LogP contribution in [0.5, 0.6) is 0 Å². The average molecular weight is 406 g/mol. The minimum Gasteiger partial charge on any atom is -0.340 e. The van der Waals surface area contributed by atoms with Gasteiger partial charge in [0.25, 0.3) is 0 Å². The number of amides is 1. The first-order valence-corrected chi connectivity index (χ1v) is 8.86. The molecular formula is C18H17Cl2N5O2. The van der Waals surface area contributed by atoms with Crippen LogP contribution in [0.3, 0.4) is 0 Å². The van der Waals surface area contributed by atoms with Gasteiger partial charge in [-0.25, -0.2) is 4.98 Å². The highest BCUT2D eigenvalue weighted by Gasteiger charge is 2.15. The number of hydrogen-bond donors (Lipinski definition) is 1. The number of carbonyl (C=O) groups excluding carboxylic acids is 1. The molecule has 3 aromatic heterocycles. The van der Waals surface area contributed by atoms with Crippen molar-refractivity contribution in [2.45, 2.75) is 27.3 Å². The maximum atomic E-state index is 12.6. The fourth-order valence-electron chi connectivity index (χ4n) is 2.78. The smallest absolute Gasteiger partial charge is 0.245 e. The van der Waals surface area contributed by atoms with E-state index in [1.165, 1.54) is 23.0 Å². The van der Waals surface area contributed by atoms with E-state index in [-0.39, 0.29) is 17.9 Å². The summed E-state index contributed by atoms with van der Waals surface area (Å²) in [6.07, 6.45) is 1.46. The van der Waals surface area contributed by atoms with Crippen molar-refractivity contribution in [2.75, 3.05) is 5.32 Å². The second-order valence-corrected chi connectivity index (χ2v) is 6.99. The Hall–Kier alpha value is -2.64. The summed E-state index contributed by atoms with van der Waals surface area (Å²) in [7, 11) is 0. The summed E-state index contributed by atoms with van der Waals surface area (Å²) < 4.78 is 3.22. The van der Waals surface area contributed by atoms with Gasteiger partial charge < -0.3 is 9.88 Å². The van der Waals surface area contributed by atoms with Gasteiger partial charge in [-0.1, -0.05) is 23.2 Å². The predicted octanol–water partition coefficient (Wildman–Crippen LogP) is 3.30. The minimum atomic E-state index is -0.268. The van der Waals surface area contributed by atoms with Crippen LogP contribution in [-0.2, 0) is 11.3 Å². The molecule has 140 valence electrons. The minimum absolute atomic E-state index is 0.0595. The van der Waals surface area contributed by atoms with E-state index in [4.69, 9.17) is 23.2 Å². The zero-order valence-corrected chi connectivity index (χ0v) is 16.5. The van der Waals surface area contributed by atoms with Crippen LogP contribution in [-0.4, -0.2) is 25.2 Å². The molecule has 9 heteroatoms. The Kier molecular flexibility index (Phi) is 5.34. The summed E-state index contributed by atoms with van der Waals surface area (Å²) in [5.74, 6) is 0.529. The number of aryl methyl sites for hydroxylation is 3. The fourth-order valence-corrected chi connectivity index (χ4v) is 3.24. The number of hydrogen-bond acceptors (Lipinski definition) is 4. The van der Waals surface area contributed by atoms with Gasteiger partial charge in [0.05, 0.1) is 15.7 Å². The third kappa shape index (κ3) is 4.20. The number of nitrogens with zero attached hydrogens (tertiary/aromatic N) is 4. The zero-order valence-electron chi connectivity index (χ0n) is 15.0. The van der Waals surface area contributed by atoms with Gasteiger partial charge in [0, 0.05) is 35.8 Å². The van der Waals surface area contributed by atoms with Crippen molar-refractivity contribution in [1.29, 1.82) is 0 Å². The number of halogens is 2. The molecule has 1 N–H and O–H groups in total. The molecular weight excluding hydrogens is 389 g/mol. The first-order chi connectivity index (χ1) is 12.7. The lowest BCUT2D eigenvalue weighted by Gasteiger charge is -2.14. The first-order valence-electron chi connectivity index (χ1n) is 8.10. The Labute approximate surface area is 165 Å². The summed E-state index contributed by atoms with van der Waals surface area (Å²) >= 11 is 12.1. The van der Waals surface area contributed by atoms with Crippen molar-refractivity contribution in [2.24, 2.45) is 0 Å². The standard InChI is InChI=1S/C18H17Cl2N5O2/c1-10-4-16(25(23-10)18-15(20)7-13(19)8-21-18)22-17(27)9-24-11(2)5-14(26)6-12(24)3/h4-8H,9H2,1-3H3,(H,22,27). The van der Waals surface area contributed by atoms with Crippen LogP contribution in [0.4, 0.5) is 5.82 Å². The van der Waals surface area contributed by atoms with Crippen LogP contribution < -0.4 is 10.7 Å². The lowest BCUT2D eigenvalue weighted by molar-refractivity contribution is -0.116. The normalized spacial score (nSPS) is 10.9. The second kappa shape index (κ2) is 7.54. The molecule has 0 spiro atoms. The number of pyridine rings is 2. The number of carbonyl (C=O) groups is 1. The van der Waals surface area contributed by atoms with E-state index >= 15 is 0 Å². The van der Waals surface area contributed by atoms with Crippen LogP contribution in [0, 0.1) is 20.8 Å². The molecule has 0 aliphatic rings. The molecule has 0 unspecified atom stereocenters. The van der Waals surface area contributed by atoms with Gasteiger partial charge in [-0.15, -0.1) is 0 Å². The molecule has 0 fully saturated rings. The second-order valence-electron chi connectivity index (χ2n) is 6.15. The van der Waals surface area contributed by atoms with Crippen LogP contribution in [0.15, 0.2) is 35.3 Å². The van der Waals surface area contributed by atoms with E-state index in [1.54, 1.807) is 37.5 Å². The largest absolute Gasteiger partial charge is 0.340 e. The van der Waals surface area contributed by atoms with Crippen LogP contribution in [0.2, 0.25) is 10.0 Å². The third-order valence-electron chi connectivity index (χ3n) is 3.94. The summed E-state index contributed by atoms with van der Waals surface area (Å²) in [6, 6.07) is 6.26. The number of anilines is 1. The zero-order chi connectivity index (χ0) is 19.7. The van der Waals surface area contributed by atoms with Gasteiger partial charge in [0.1, 0.15) is 12.4 Å². The molecule has 3 rings (SSSR count). The van der Waals surface area contributed by atoms with Gasteiger partial charge in [0.2, 0.25) is 5.91 Å². The van der Waals surface area contributed by atoms with Crippen molar-refractivity contribution in [3.05, 3.63) is 67.8 Å². The van der Waals surface area contributed by atoms with E-state index in [9.17, 15) is 9.59 Å². The average Bonchev–Trinajstić information content (AvgIpc) is 2.91. The summed E-state index contributed by atoms with van der Waals surface area (Å²) in [4.78, 5) is 28.3. The SMILES string of the molecule is Cc1cc(NC(=O)Cn2c(C)cc(=O)cc2C)n(-c2ncc(Cl)cc2Cl)n1. The highest BCUT2D eigenvalue weighted by atomic mass is 35.5. The van der Waals surface area contributed by atoms with Crippen LogP contribution >= 0.6 is 23.2 Å². The van der Waals surface area contributed by atoms with Gasteiger partial charge in [-0.3, -0.25) is 9.59 Å². The lowest BCUT2D eigenvalue weighted by Crippen LogP contribution is -2.24. The van der Waals surface area contributed by atoms with E-state index in [1.807, 2.05) is 0 Å². The summed E-state index contributed by atoms with van der Waals surface area (Å²) in [6.45, 7) is 5.43. The highest BCUT2D eigenvalue weighted by Crippen LogP contribution is 2.25. The highest BCUT2D eigenvalue weighted by molar-refractivity contribution is 6.35. The molecule has 0 bridgehead atoms. The Morgan fingerprint density at radius 3 is 2.41 bits per heavy atom. The van der Waals surface area contributed by atoms with Crippen molar-refractivity contribution in [1.82, 2.24) is 19.3 Å². The molecule has 0 aliphatic heterocycles. The Morgan fingerprint density at radius 2 is 1.78 bits per heavy atom. The van der Waals surface area contributed by atoms with E-state index in [0.29, 0.717) is 38.8 Å². The van der Waals surface area contributed by atoms with Gasteiger partial charge in [-0.05, 0) is 26.8 Å². The topological polar surface area (TPSA) is 81.8 Å². The third-order valence-corrected chi connectivity index (χ3v) is 4.43. The predicted molar refractivity (Wildman–Crippen MR) is 105 cm³/mol. The maximum Gasteiger partial charge on any atom is 0.245 e.